The smallest absolute Gasteiger partial charge is 0.246 e. The van der Waals surface area contributed by atoms with Gasteiger partial charge in [-0.05, 0) is 73.4 Å². The van der Waals surface area contributed by atoms with Crippen LogP contribution < -0.4 is 54.4 Å². The van der Waals surface area contributed by atoms with Crippen LogP contribution in [0.1, 0.15) is 107 Å². The lowest BCUT2D eigenvalue weighted by atomic mass is 9.90. The fraction of sp³-hybridized carbons (Fsp3) is 0.464. The summed E-state index contributed by atoms with van der Waals surface area (Å²) >= 11 is 3.48. The molecule has 8 atom stereocenters. The van der Waals surface area contributed by atoms with Crippen LogP contribution in [-0.4, -0.2) is 131 Å². The van der Waals surface area contributed by atoms with E-state index in [0.29, 0.717) is 48.8 Å². The third-order valence-corrected chi connectivity index (χ3v) is 14.7. The summed E-state index contributed by atoms with van der Waals surface area (Å²) in [5.74, 6) is -7.11. The van der Waals surface area contributed by atoms with Gasteiger partial charge in [0.15, 0.2) is 5.96 Å². The molecule has 0 saturated carbocycles. The Bertz CT molecular complexity index is 2810. The highest BCUT2D eigenvalue weighted by Crippen LogP contribution is 2.35. The van der Waals surface area contributed by atoms with Crippen molar-refractivity contribution in [3.63, 3.8) is 0 Å². The van der Waals surface area contributed by atoms with Crippen molar-refractivity contribution in [1.82, 2.24) is 47.1 Å². The molecule has 6 rings (SSSR count). The number of rotatable bonds is 16. The van der Waals surface area contributed by atoms with E-state index < -0.39 is 108 Å². The Balaban J connectivity index is 1.42. The summed E-state index contributed by atoms with van der Waals surface area (Å²) in [7, 11) is 0. The number of guanidine groups is 1. The minimum Gasteiger partial charge on any atom is -0.370 e. The summed E-state index contributed by atoms with van der Waals surface area (Å²) in [5, 5.41) is 20.4. The fourth-order valence-electron chi connectivity index (χ4n) is 10.1. The summed E-state index contributed by atoms with van der Waals surface area (Å²) < 4.78 is 0.766. The Morgan fingerprint density at radius 3 is 2.15 bits per heavy atom. The molecule has 22 nitrogen and oxygen atoms in total. The highest BCUT2D eigenvalue weighted by molar-refractivity contribution is 9.10. The van der Waals surface area contributed by atoms with E-state index in [2.05, 4.69) is 63.1 Å². The van der Waals surface area contributed by atoms with Crippen LogP contribution in [0.25, 0.3) is 10.9 Å². The van der Waals surface area contributed by atoms with Gasteiger partial charge >= 0.3 is 0 Å². The SMILES string of the molecule is CCCC[C@H](NC(C)=O)C(=O)N[C@@H]1CC(=O)NCCCCC[C@@H](C(N)=O)NC(=O)[C@H](Cc2c[nH]c3ccccc23)NC(=O)[C@H](CCCN=C(N)N)NC(=O)[C@@H](Cc2ccccc2)NC(=O)[C@H]2[C@@H](c3ccc(Br)cc3)CCN2C1=O. The standard InChI is InChI=1S/C56H74BrN13O9/c1-3-4-17-42(64-33(2)71)50(74)69-46-31-47(72)61-26-12-6-9-19-41(49(58)73)65-53(77)45(30-36-32-63-40-18-11-10-16-38(36)40)67-51(75)43(20-13-27-62-56(59)60)66-52(76)44(29-34-14-7-5-8-15-34)68-54(78)48-39(25-28-70(48)55(46)79)35-21-23-37(57)24-22-35/h5,7-8,10-11,14-16,18,21-24,32,39,41-46,48,63H,3-4,6,9,12-13,17,19-20,25-31H2,1-2H3,(H2,58,73)(H,61,72)(H,64,71)(H,65,77)(H,66,76)(H,67,75)(H,68,78)(H,69,74)(H4,59,60,62)/t39-,41+,42+,43+,44-,45+,46-,48-/m1/s1. The van der Waals surface area contributed by atoms with Gasteiger partial charge in [0, 0.05) is 66.9 Å². The monoisotopic (exact) mass is 1150 g/mol. The van der Waals surface area contributed by atoms with Gasteiger partial charge in [0.1, 0.15) is 42.3 Å². The van der Waals surface area contributed by atoms with Crippen molar-refractivity contribution in [2.24, 2.45) is 22.2 Å². The minimum absolute atomic E-state index is 0.0176. The van der Waals surface area contributed by atoms with Crippen molar-refractivity contribution >= 4 is 86.0 Å². The molecule has 2 fully saturated rings. The van der Waals surface area contributed by atoms with Crippen LogP contribution in [0.15, 0.2) is 94.5 Å². The predicted molar refractivity (Wildman–Crippen MR) is 301 cm³/mol. The molecule has 0 radical (unpaired) electrons. The van der Waals surface area contributed by atoms with Gasteiger partial charge in [-0.1, -0.05) is 109 Å². The summed E-state index contributed by atoms with van der Waals surface area (Å²) in [6.07, 6.45) is 4.43. The van der Waals surface area contributed by atoms with Crippen LogP contribution >= 0.6 is 15.9 Å². The quantitative estimate of drug-likeness (QED) is 0.0437. The Morgan fingerprint density at radius 2 is 1.44 bits per heavy atom. The predicted octanol–water partition coefficient (Wildman–Crippen LogP) is 1.84. The van der Waals surface area contributed by atoms with Gasteiger partial charge in [0.2, 0.25) is 53.2 Å². The van der Waals surface area contributed by atoms with Gasteiger partial charge in [-0.2, -0.15) is 0 Å². The van der Waals surface area contributed by atoms with Gasteiger partial charge in [-0.15, -0.1) is 0 Å². The minimum atomic E-state index is -1.50. The maximum Gasteiger partial charge on any atom is 0.246 e. The number of carbonyl (C=O) groups is 9. The number of aliphatic imine (C=N–C) groups is 1. The molecule has 0 unspecified atom stereocenters. The van der Waals surface area contributed by atoms with Gasteiger partial charge in [-0.25, -0.2) is 0 Å². The molecule has 0 bridgehead atoms. The molecular formula is C56H74BrN13O9. The third kappa shape index (κ3) is 17.9. The second kappa shape index (κ2) is 29.8. The van der Waals surface area contributed by atoms with E-state index in [4.69, 9.17) is 17.2 Å². The van der Waals surface area contributed by atoms with Gasteiger partial charge in [0.05, 0.1) is 6.42 Å². The second-order valence-electron chi connectivity index (χ2n) is 20.1. The summed E-state index contributed by atoms with van der Waals surface area (Å²) in [6, 6.07) is 14.5. The van der Waals surface area contributed by atoms with Crippen molar-refractivity contribution in [2.75, 3.05) is 19.6 Å². The highest BCUT2D eigenvalue weighted by Gasteiger charge is 2.46. The first-order valence-corrected chi connectivity index (χ1v) is 27.8. The van der Waals surface area contributed by atoms with E-state index >= 15 is 9.59 Å². The molecule has 424 valence electrons. The highest BCUT2D eigenvalue weighted by atomic mass is 79.9. The van der Waals surface area contributed by atoms with Crippen LogP contribution in [0, 0.1) is 0 Å². The zero-order chi connectivity index (χ0) is 57.0. The second-order valence-corrected chi connectivity index (χ2v) is 21.0. The molecule has 3 aromatic carbocycles. The van der Waals surface area contributed by atoms with E-state index in [0.717, 1.165) is 15.4 Å². The summed E-state index contributed by atoms with van der Waals surface area (Å²) in [5.41, 5.74) is 19.9. The number of aromatic amines is 1. The molecule has 9 amide bonds. The van der Waals surface area contributed by atoms with E-state index in [-0.39, 0.29) is 70.5 Å². The first-order chi connectivity index (χ1) is 37.9. The molecule has 2 saturated heterocycles. The van der Waals surface area contributed by atoms with E-state index in [1.54, 1.807) is 48.7 Å². The van der Waals surface area contributed by atoms with Crippen molar-refractivity contribution in [3.8, 4) is 0 Å². The summed E-state index contributed by atoms with van der Waals surface area (Å²) in [4.78, 5) is 136. The van der Waals surface area contributed by atoms with Crippen LogP contribution in [0.3, 0.4) is 0 Å². The number of para-hydroxylation sites is 1. The lowest BCUT2D eigenvalue weighted by Gasteiger charge is -2.33. The molecule has 2 aliphatic heterocycles. The van der Waals surface area contributed by atoms with Crippen LogP contribution in [0.5, 0.6) is 0 Å². The van der Waals surface area contributed by atoms with Crippen LogP contribution in [0.4, 0.5) is 0 Å². The number of nitrogens with one attached hydrogen (secondary N) is 8. The Morgan fingerprint density at radius 1 is 0.772 bits per heavy atom. The van der Waals surface area contributed by atoms with E-state index in [1.165, 1.54) is 11.8 Å². The number of aromatic nitrogens is 1. The number of halogens is 1. The molecule has 0 aliphatic carbocycles. The number of fused-ring (bicyclic) bond motifs is 2. The topological polar surface area (TPSA) is 347 Å². The number of hydrogen-bond donors (Lipinski definition) is 11. The fourth-order valence-corrected chi connectivity index (χ4v) is 10.3. The first-order valence-electron chi connectivity index (χ1n) is 27.0. The number of nitrogens with two attached hydrogens (primary N) is 3. The number of amides is 9. The van der Waals surface area contributed by atoms with Gasteiger partial charge in [0.25, 0.3) is 0 Å². The lowest BCUT2D eigenvalue weighted by Crippen LogP contribution is -2.61. The molecule has 14 N–H and O–H groups in total. The largest absolute Gasteiger partial charge is 0.370 e. The molecule has 4 aromatic rings. The maximum atomic E-state index is 15.3. The number of H-pyrrole nitrogens is 1. The number of carbonyl (C=O) groups excluding carboxylic acids is 9. The Kier molecular flexibility index (Phi) is 22.8. The van der Waals surface area contributed by atoms with Crippen molar-refractivity contribution in [1.29, 1.82) is 0 Å². The number of nitrogens with zero attached hydrogens (tertiary/aromatic N) is 2. The molecule has 23 heteroatoms. The number of primary amides is 1. The molecule has 79 heavy (non-hydrogen) atoms. The maximum absolute atomic E-state index is 15.3. The zero-order valence-electron chi connectivity index (χ0n) is 44.7. The average molecular weight is 1150 g/mol. The summed E-state index contributed by atoms with van der Waals surface area (Å²) in [6.45, 7) is 3.43. The number of unbranched alkanes of at least 4 members (excludes halogenated alkanes) is 1. The third-order valence-electron chi connectivity index (χ3n) is 14.2. The van der Waals surface area contributed by atoms with Crippen molar-refractivity contribution < 1.29 is 43.2 Å². The Labute approximate surface area is 467 Å². The van der Waals surface area contributed by atoms with E-state index in [9.17, 15) is 33.6 Å². The molecule has 2 aliphatic rings. The lowest BCUT2D eigenvalue weighted by molar-refractivity contribution is -0.144. The van der Waals surface area contributed by atoms with Gasteiger partial charge in [-0.3, -0.25) is 48.1 Å². The van der Waals surface area contributed by atoms with Crippen molar-refractivity contribution in [3.05, 3.63) is 106 Å². The number of hydrogen-bond acceptors (Lipinski definition) is 10. The van der Waals surface area contributed by atoms with Crippen molar-refractivity contribution in [2.45, 2.75) is 146 Å². The first kappa shape index (κ1) is 60.4. The van der Waals surface area contributed by atoms with Crippen LogP contribution in [-0.2, 0) is 56.0 Å². The molecule has 1 aromatic heterocycles. The number of benzene rings is 3. The molecule has 3 heterocycles. The van der Waals surface area contributed by atoms with Gasteiger partial charge < -0.3 is 64.3 Å². The molecule has 0 spiro atoms. The van der Waals surface area contributed by atoms with Crippen LogP contribution in [0.2, 0.25) is 0 Å². The Hall–Kier alpha value is -7.82. The normalized spacial score (nSPS) is 22.6. The molecular weight excluding hydrogens is 1080 g/mol. The van der Waals surface area contributed by atoms with E-state index in [1.807, 2.05) is 43.3 Å². The zero-order valence-corrected chi connectivity index (χ0v) is 46.3. The average Bonchev–Trinajstić information content (AvgIpc) is 4.08.